The van der Waals surface area contributed by atoms with E-state index in [9.17, 15) is 4.79 Å². The fraction of sp³-hybridized carbons (Fsp3) is 0.231. The number of rotatable bonds is 3. The standard InChI is InChI=1S/C13H14N6OS/c1-7-8(6-19(2)18-7)5-17-12(20)11-9(14)10-13(21-11)16-4-3-15-10/h3-4,6H,5,14H2,1-2H3,(H,17,20). The third-order valence-electron chi connectivity index (χ3n) is 3.12. The molecule has 21 heavy (non-hydrogen) atoms. The molecule has 108 valence electrons. The number of nitrogens with zero attached hydrogens (tertiary/aromatic N) is 4. The Morgan fingerprint density at radius 3 is 2.86 bits per heavy atom. The summed E-state index contributed by atoms with van der Waals surface area (Å²) in [5.41, 5.74) is 8.79. The summed E-state index contributed by atoms with van der Waals surface area (Å²) < 4.78 is 1.72. The zero-order valence-electron chi connectivity index (χ0n) is 11.6. The Labute approximate surface area is 124 Å². The minimum Gasteiger partial charge on any atom is -0.396 e. The number of aryl methyl sites for hydroxylation is 2. The molecule has 7 nitrogen and oxygen atoms in total. The van der Waals surface area contributed by atoms with Crippen molar-refractivity contribution in [3.8, 4) is 0 Å². The number of hydrogen-bond acceptors (Lipinski definition) is 6. The van der Waals surface area contributed by atoms with Gasteiger partial charge >= 0.3 is 0 Å². The predicted octanol–water partition coefficient (Wildman–Crippen LogP) is 1.25. The topological polar surface area (TPSA) is 98.7 Å². The van der Waals surface area contributed by atoms with Gasteiger partial charge in [-0.3, -0.25) is 9.48 Å². The summed E-state index contributed by atoms with van der Waals surface area (Å²) in [5, 5.41) is 7.09. The van der Waals surface area contributed by atoms with Crippen LogP contribution in [0.4, 0.5) is 5.69 Å². The van der Waals surface area contributed by atoms with E-state index < -0.39 is 0 Å². The Balaban J connectivity index is 1.81. The molecule has 0 saturated heterocycles. The largest absolute Gasteiger partial charge is 0.396 e. The number of anilines is 1. The number of carbonyl (C=O) groups is 1. The van der Waals surface area contributed by atoms with E-state index >= 15 is 0 Å². The summed E-state index contributed by atoms with van der Waals surface area (Å²) in [4.78, 5) is 21.7. The molecule has 0 unspecified atom stereocenters. The fourth-order valence-electron chi connectivity index (χ4n) is 2.09. The lowest BCUT2D eigenvalue weighted by molar-refractivity contribution is 0.0956. The second-order valence-corrected chi connectivity index (χ2v) is 5.65. The van der Waals surface area contributed by atoms with Gasteiger partial charge in [0.25, 0.3) is 5.91 Å². The summed E-state index contributed by atoms with van der Waals surface area (Å²) in [6, 6.07) is 0. The molecule has 0 bridgehead atoms. The lowest BCUT2D eigenvalue weighted by Crippen LogP contribution is -2.22. The van der Waals surface area contributed by atoms with Crippen LogP contribution in [0, 0.1) is 6.92 Å². The summed E-state index contributed by atoms with van der Waals surface area (Å²) in [6.45, 7) is 2.32. The summed E-state index contributed by atoms with van der Waals surface area (Å²) in [5.74, 6) is -0.222. The molecule has 0 spiro atoms. The van der Waals surface area contributed by atoms with Crippen LogP contribution < -0.4 is 11.1 Å². The molecule has 3 aromatic rings. The Morgan fingerprint density at radius 1 is 1.43 bits per heavy atom. The molecule has 1 amide bonds. The molecule has 0 atom stereocenters. The Morgan fingerprint density at radius 2 is 2.19 bits per heavy atom. The van der Waals surface area contributed by atoms with Crippen molar-refractivity contribution in [2.75, 3.05) is 5.73 Å². The van der Waals surface area contributed by atoms with E-state index in [4.69, 9.17) is 5.73 Å². The molecule has 0 aliphatic carbocycles. The molecule has 8 heteroatoms. The third kappa shape index (κ3) is 2.45. The van der Waals surface area contributed by atoms with Crippen molar-refractivity contribution in [2.24, 2.45) is 7.05 Å². The van der Waals surface area contributed by atoms with Crippen molar-refractivity contribution >= 4 is 33.3 Å². The number of fused-ring (bicyclic) bond motifs is 1. The first-order chi connectivity index (χ1) is 10.1. The van der Waals surface area contributed by atoms with Crippen molar-refractivity contribution in [3.63, 3.8) is 0 Å². The van der Waals surface area contributed by atoms with Crippen LogP contribution in [0.1, 0.15) is 20.9 Å². The van der Waals surface area contributed by atoms with Crippen LogP contribution in [0.3, 0.4) is 0 Å². The third-order valence-corrected chi connectivity index (χ3v) is 4.23. The van der Waals surface area contributed by atoms with Crippen molar-refractivity contribution in [1.82, 2.24) is 25.1 Å². The van der Waals surface area contributed by atoms with Gasteiger partial charge in [-0.15, -0.1) is 11.3 Å². The molecule has 3 N–H and O–H groups in total. The molecule has 0 aromatic carbocycles. The number of hydrogen-bond donors (Lipinski definition) is 2. The van der Waals surface area contributed by atoms with E-state index in [-0.39, 0.29) is 5.91 Å². The highest BCUT2D eigenvalue weighted by atomic mass is 32.1. The van der Waals surface area contributed by atoms with Crippen LogP contribution in [0.2, 0.25) is 0 Å². The van der Waals surface area contributed by atoms with Crippen LogP contribution in [0.5, 0.6) is 0 Å². The molecule has 0 radical (unpaired) electrons. The first kappa shape index (κ1) is 13.5. The van der Waals surface area contributed by atoms with Gasteiger partial charge in [0.2, 0.25) is 0 Å². The highest BCUT2D eigenvalue weighted by molar-refractivity contribution is 7.21. The number of nitrogen functional groups attached to an aromatic ring is 1. The average Bonchev–Trinajstić information content (AvgIpc) is 2.97. The van der Waals surface area contributed by atoms with Gasteiger partial charge in [-0.1, -0.05) is 0 Å². The quantitative estimate of drug-likeness (QED) is 0.758. The normalized spacial score (nSPS) is 11.0. The maximum atomic E-state index is 12.3. The highest BCUT2D eigenvalue weighted by Crippen LogP contribution is 2.30. The molecule has 0 aliphatic rings. The van der Waals surface area contributed by atoms with Gasteiger partial charge in [-0.2, -0.15) is 5.10 Å². The smallest absolute Gasteiger partial charge is 0.263 e. The number of thiophene rings is 1. The second kappa shape index (κ2) is 5.13. The van der Waals surface area contributed by atoms with Gasteiger partial charge in [-0.25, -0.2) is 9.97 Å². The van der Waals surface area contributed by atoms with Gasteiger partial charge in [-0.05, 0) is 6.92 Å². The van der Waals surface area contributed by atoms with Crippen LogP contribution in [-0.2, 0) is 13.6 Å². The molecule has 0 saturated carbocycles. The maximum absolute atomic E-state index is 12.3. The second-order valence-electron chi connectivity index (χ2n) is 4.65. The molecule has 3 aromatic heterocycles. The lowest BCUT2D eigenvalue weighted by atomic mass is 10.2. The van der Waals surface area contributed by atoms with Crippen LogP contribution in [0.15, 0.2) is 18.6 Å². The highest BCUT2D eigenvalue weighted by Gasteiger charge is 2.18. The van der Waals surface area contributed by atoms with Gasteiger partial charge in [0.15, 0.2) is 0 Å². The van der Waals surface area contributed by atoms with Gasteiger partial charge in [0, 0.05) is 37.7 Å². The molecule has 0 aliphatic heterocycles. The Kier molecular flexibility index (Phi) is 3.30. The molecular weight excluding hydrogens is 288 g/mol. The monoisotopic (exact) mass is 302 g/mol. The zero-order chi connectivity index (χ0) is 15.0. The predicted molar refractivity (Wildman–Crippen MR) is 80.9 cm³/mol. The number of nitrogens with two attached hydrogens (primary N) is 1. The number of amides is 1. The van der Waals surface area contributed by atoms with E-state index in [1.54, 1.807) is 17.1 Å². The first-order valence-corrected chi connectivity index (χ1v) is 7.14. The zero-order valence-corrected chi connectivity index (χ0v) is 12.4. The van der Waals surface area contributed by atoms with Gasteiger partial charge < -0.3 is 11.1 Å². The summed E-state index contributed by atoms with van der Waals surface area (Å²) in [6.07, 6.45) is 5.03. The minimum atomic E-state index is -0.222. The van der Waals surface area contributed by atoms with E-state index in [0.29, 0.717) is 27.5 Å². The van der Waals surface area contributed by atoms with E-state index in [1.807, 2.05) is 20.2 Å². The lowest BCUT2D eigenvalue weighted by Gasteiger charge is -2.03. The van der Waals surface area contributed by atoms with Crippen molar-refractivity contribution in [2.45, 2.75) is 13.5 Å². The van der Waals surface area contributed by atoms with E-state index in [1.165, 1.54) is 11.3 Å². The van der Waals surface area contributed by atoms with Crippen LogP contribution >= 0.6 is 11.3 Å². The SMILES string of the molecule is Cc1nn(C)cc1CNC(=O)c1sc2nccnc2c1N. The Hall–Kier alpha value is -2.48. The van der Waals surface area contributed by atoms with E-state index in [0.717, 1.165) is 11.3 Å². The van der Waals surface area contributed by atoms with Gasteiger partial charge in [0.1, 0.15) is 15.2 Å². The Bertz CT molecular complexity index is 821. The maximum Gasteiger partial charge on any atom is 0.263 e. The van der Waals surface area contributed by atoms with Crippen LogP contribution in [-0.4, -0.2) is 25.7 Å². The number of carbonyl (C=O) groups excluding carboxylic acids is 1. The number of aromatic nitrogens is 4. The summed E-state index contributed by atoms with van der Waals surface area (Å²) >= 11 is 1.25. The number of nitrogens with one attached hydrogen (secondary N) is 1. The van der Waals surface area contributed by atoms with Crippen molar-refractivity contribution in [1.29, 1.82) is 0 Å². The van der Waals surface area contributed by atoms with Crippen molar-refractivity contribution < 1.29 is 4.79 Å². The fourth-order valence-corrected chi connectivity index (χ4v) is 3.03. The van der Waals surface area contributed by atoms with Crippen molar-refractivity contribution in [3.05, 3.63) is 34.7 Å². The first-order valence-electron chi connectivity index (χ1n) is 6.32. The minimum absolute atomic E-state index is 0.222. The van der Waals surface area contributed by atoms with E-state index in [2.05, 4.69) is 20.4 Å². The molecular formula is C13H14N6OS. The molecule has 3 heterocycles. The average molecular weight is 302 g/mol. The van der Waals surface area contributed by atoms with Crippen LogP contribution in [0.25, 0.3) is 10.3 Å². The summed E-state index contributed by atoms with van der Waals surface area (Å²) in [7, 11) is 1.85. The molecule has 3 rings (SSSR count). The van der Waals surface area contributed by atoms with Gasteiger partial charge in [0.05, 0.1) is 11.4 Å². The molecule has 0 fully saturated rings.